The summed E-state index contributed by atoms with van der Waals surface area (Å²) in [4.78, 5) is 5.13. The van der Waals surface area contributed by atoms with Crippen LogP contribution < -0.4 is 0 Å². The highest BCUT2D eigenvalue weighted by molar-refractivity contribution is 7.84. The maximum absolute atomic E-state index is 12.2. The molecule has 0 fully saturated rings. The van der Waals surface area contributed by atoms with Crippen molar-refractivity contribution in [2.45, 2.75) is 17.6 Å². The van der Waals surface area contributed by atoms with E-state index in [9.17, 15) is 4.21 Å². The van der Waals surface area contributed by atoms with Crippen molar-refractivity contribution in [1.29, 1.82) is 0 Å². The Morgan fingerprint density at radius 3 is 2.95 bits per heavy atom. The highest BCUT2D eigenvalue weighted by atomic mass is 35.5. The van der Waals surface area contributed by atoms with Crippen molar-refractivity contribution in [3.63, 3.8) is 0 Å². The predicted molar refractivity (Wildman–Crippen MR) is 73.8 cm³/mol. The van der Waals surface area contributed by atoms with Gasteiger partial charge in [-0.1, -0.05) is 11.6 Å². The van der Waals surface area contributed by atoms with E-state index >= 15 is 0 Å². The average Bonchev–Trinajstić information content (AvgIpc) is 2.94. The molecule has 3 heterocycles. The molecule has 3 rings (SSSR count). The molecule has 0 aromatic carbocycles. The van der Waals surface area contributed by atoms with Crippen LogP contribution in [0.1, 0.15) is 11.5 Å². The minimum absolute atomic E-state index is 0.361. The molecule has 0 radical (unpaired) electrons. The Balaban J connectivity index is 1.89. The fraction of sp³-hybridized carbons (Fsp3) is 0.154. The standard InChI is InChI=1S/C13H11ClN2O2S/c1-9-12(4-5-18-9)19(17)8-11-7-16-6-10(14)2-3-13(16)15-11/h2-7H,8H2,1H3/t19-/m0/s1. The third kappa shape index (κ3) is 2.43. The Morgan fingerprint density at radius 1 is 1.37 bits per heavy atom. The van der Waals surface area contributed by atoms with Gasteiger partial charge in [0.05, 0.1) is 38.4 Å². The molecule has 0 amide bonds. The lowest BCUT2D eigenvalue weighted by atomic mass is 10.5. The summed E-state index contributed by atoms with van der Waals surface area (Å²) < 4.78 is 19.2. The summed E-state index contributed by atoms with van der Waals surface area (Å²) in [7, 11) is -1.15. The number of imidazole rings is 1. The molecule has 0 bridgehead atoms. The molecule has 0 saturated heterocycles. The number of furan rings is 1. The van der Waals surface area contributed by atoms with Gasteiger partial charge in [0, 0.05) is 12.4 Å². The fourth-order valence-electron chi connectivity index (χ4n) is 1.91. The van der Waals surface area contributed by atoms with E-state index in [0.29, 0.717) is 16.5 Å². The summed E-state index contributed by atoms with van der Waals surface area (Å²) in [5.74, 6) is 1.05. The van der Waals surface area contributed by atoms with Crippen LogP contribution in [0.5, 0.6) is 0 Å². The summed E-state index contributed by atoms with van der Waals surface area (Å²) in [6, 6.07) is 5.35. The first-order chi connectivity index (χ1) is 9.13. The molecule has 4 nitrogen and oxygen atoms in total. The summed E-state index contributed by atoms with van der Waals surface area (Å²) in [6.45, 7) is 1.80. The molecule has 19 heavy (non-hydrogen) atoms. The number of halogens is 1. The van der Waals surface area contributed by atoms with E-state index in [0.717, 1.165) is 16.2 Å². The first-order valence-corrected chi connectivity index (χ1v) is 7.39. The Kier molecular flexibility index (Phi) is 3.16. The molecule has 0 aliphatic carbocycles. The van der Waals surface area contributed by atoms with Crippen molar-refractivity contribution >= 4 is 28.0 Å². The van der Waals surface area contributed by atoms with Crippen LogP contribution in [0.4, 0.5) is 0 Å². The quantitative estimate of drug-likeness (QED) is 0.745. The second-order valence-electron chi connectivity index (χ2n) is 4.18. The van der Waals surface area contributed by atoms with Gasteiger partial charge in [-0.3, -0.25) is 4.21 Å². The zero-order valence-corrected chi connectivity index (χ0v) is 11.7. The minimum atomic E-state index is -1.15. The third-order valence-corrected chi connectivity index (χ3v) is 4.50. The van der Waals surface area contributed by atoms with Gasteiger partial charge in [-0.25, -0.2) is 4.98 Å². The van der Waals surface area contributed by atoms with E-state index in [1.807, 2.05) is 16.7 Å². The zero-order valence-electron chi connectivity index (χ0n) is 10.2. The molecule has 98 valence electrons. The second kappa shape index (κ2) is 4.83. The Morgan fingerprint density at radius 2 is 2.21 bits per heavy atom. The number of rotatable bonds is 3. The monoisotopic (exact) mass is 294 g/mol. The van der Waals surface area contributed by atoms with Gasteiger partial charge in [-0.2, -0.15) is 0 Å². The van der Waals surface area contributed by atoms with Crippen molar-refractivity contribution in [3.8, 4) is 0 Å². The number of hydrogen-bond donors (Lipinski definition) is 0. The molecule has 6 heteroatoms. The molecule has 3 aromatic heterocycles. The summed E-state index contributed by atoms with van der Waals surface area (Å²) in [6.07, 6.45) is 5.17. The molecule has 0 N–H and O–H groups in total. The molecule has 0 aliphatic heterocycles. The normalized spacial score (nSPS) is 12.9. The van der Waals surface area contributed by atoms with Crippen LogP contribution in [0.3, 0.4) is 0 Å². The fourth-order valence-corrected chi connectivity index (χ4v) is 3.22. The summed E-state index contributed by atoms with van der Waals surface area (Å²) in [5, 5.41) is 0.642. The highest BCUT2D eigenvalue weighted by Crippen LogP contribution is 2.18. The number of aromatic nitrogens is 2. The molecule has 3 aromatic rings. The molecular weight excluding hydrogens is 284 g/mol. The van der Waals surface area contributed by atoms with Crippen LogP contribution in [-0.2, 0) is 16.6 Å². The van der Waals surface area contributed by atoms with E-state index in [2.05, 4.69) is 4.98 Å². The SMILES string of the molecule is Cc1occc1[S@@](=O)Cc1cn2cc(Cl)ccc2n1. The smallest absolute Gasteiger partial charge is 0.137 e. The van der Waals surface area contributed by atoms with Crippen molar-refractivity contribution in [1.82, 2.24) is 9.38 Å². The number of hydrogen-bond acceptors (Lipinski definition) is 3. The van der Waals surface area contributed by atoms with Gasteiger partial charge < -0.3 is 8.82 Å². The number of pyridine rings is 1. The van der Waals surface area contributed by atoms with Gasteiger partial charge in [0.15, 0.2) is 0 Å². The van der Waals surface area contributed by atoms with Gasteiger partial charge in [0.2, 0.25) is 0 Å². The van der Waals surface area contributed by atoms with Crippen molar-refractivity contribution in [3.05, 3.63) is 53.3 Å². The molecule has 0 saturated carbocycles. The summed E-state index contributed by atoms with van der Waals surface area (Å²) >= 11 is 5.91. The first-order valence-electron chi connectivity index (χ1n) is 5.69. The van der Waals surface area contributed by atoms with E-state index < -0.39 is 10.8 Å². The van der Waals surface area contributed by atoms with Crippen LogP contribution >= 0.6 is 11.6 Å². The van der Waals surface area contributed by atoms with Crippen LogP contribution in [0.15, 0.2) is 46.2 Å². The van der Waals surface area contributed by atoms with Gasteiger partial charge in [-0.15, -0.1) is 0 Å². The van der Waals surface area contributed by atoms with Gasteiger partial charge in [0.25, 0.3) is 0 Å². The Hall–Kier alpha value is -1.59. The van der Waals surface area contributed by atoms with Crippen molar-refractivity contribution in [2.24, 2.45) is 0 Å². The first kappa shape index (κ1) is 12.4. The van der Waals surface area contributed by atoms with Crippen molar-refractivity contribution < 1.29 is 8.63 Å². The van der Waals surface area contributed by atoms with E-state index in [4.69, 9.17) is 16.0 Å². The minimum Gasteiger partial charge on any atom is -0.468 e. The Labute approximate surface area is 117 Å². The van der Waals surface area contributed by atoms with E-state index in [1.54, 1.807) is 31.5 Å². The third-order valence-electron chi connectivity index (χ3n) is 2.80. The number of fused-ring (bicyclic) bond motifs is 1. The van der Waals surface area contributed by atoms with Crippen LogP contribution in [0.2, 0.25) is 5.02 Å². The molecular formula is C13H11ClN2O2S. The molecule has 0 spiro atoms. The van der Waals surface area contributed by atoms with Crippen molar-refractivity contribution in [2.75, 3.05) is 0 Å². The average molecular weight is 295 g/mol. The highest BCUT2D eigenvalue weighted by Gasteiger charge is 2.12. The maximum atomic E-state index is 12.2. The second-order valence-corrected chi connectivity index (χ2v) is 6.03. The largest absolute Gasteiger partial charge is 0.468 e. The molecule has 0 unspecified atom stereocenters. The van der Waals surface area contributed by atoms with E-state index in [-0.39, 0.29) is 0 Å². The molecule has 1 atom stereocenters. The van der Waals surface area contributed by atoms with Crippen LogP contribution in [-0.4, -0.2) is 13.6 Å². The van der Waals surface area contributed by atoms with Gasteiger partial charge >= 0.3 is 0 Å². The molecule has 0 aliphatic rings. The van der Waals surface area contributed by atoms with Crippen LogP contribution in [0.25, 0.3) is 5.65 Å². The topological polar surface area (TPSA) is 47.5 Å². The number of nitrogens with zero attached hydrogens (tertiary/aromatic N) is 2. The van der Waals surface area contributed by atoms with E-state index in [1.165, 1.54) is 0 Å². The van der Waals surface area contributed by atoms with Crippen LogP contribution in [0, 0.1) is 6.92 Å². The lowest BCUT2D eigenvalue weighted by Gasteiger charge is -1.96. The van der Waals surface area contributed by atoms with Gasteiger partial charge in [0.1, 0.15) is 11.4 Å². The van der Waals surface area contributed by atoms with Gasteiger partial charge in [-0.05, 0) is 25.1 Å². The zero-order chi connectivity index (χ0) is 13.4. The lowest BCUT2D eigenvalue weighted by molar-refractivity contribution is 0.526. The maximum Gasteiger partial charge on any atom is 0.137 e. The predicted octanol–water partition coefficient (Wildman–Crippen LogP) is 3.20. The lowest BCUT2D eigenvalue weighted by Crippen LogP contribution is -1.96. The summed E-state index contributed by atoms with van der Waals surface area (Å²) in [5.41, 5.74) is 1.56. The Bertz CT molecular complexity index is 763. The number of aryl methyl sites for hydroxylation is 1.